The van der Waals surface area contributed by atoms with Crippen LogP contribution in [-0.2, 0) is 5.75 Å². The third kappa shape index (κ3) is 4.34. The minimum Gasteiger partial charge on any atom is -0.459 e. The van der Waals surface area contributed by atoms with E-state index in [0.29, 0.717) is 10.8 Å². The fourth-order valence-electron chi connectivity index (χ4n) is 1.83. The number of anilines is 1. The first kappa shape index (κ1) is 15.6. The van der Waals surface area contributed by atoms with Gasteiger partial charge in [0, 0.05) is 10.8 Å². The zero-order chi connectivity index (χ0) is 16.1. The summed E-state index contributed by atoms with van der Waals surface area (Å²) >= 11 is 7.50. The number of thioether (sulfide) groups is 1. The number of nitrogens with zero attached hydrogens (tertiary/aromatic N) is 2. The molecule has 1 aromatic carbocycles. The van der Waals surface area contributed by atoms with Crippen molar-refractivity contribution in [3.8, 4) is 0 Å². The molecule has 0 saturated heterocycles. The van der Waals surface area contributed by atoms with Crippen LogP contribution < -0.4 is 5.32 Å². The Bertz CT molecular complexity index is 791. The summed E-state index contributed by atoms with van der Waals surface area (Å²) < 4.78 is 5.01. The van der Waals surface area contributed by atoms with E-state index >= 15 is 0 Å². The molecule has 0 aliphatic heterocycles. The van der Waals surface area contributed by atoms with Gasteiger partial charge in [-0.1, -0.05) is 35.5 Å². The fourth-order valence-corrected chi connectivity index (χ4v) is 2.80. The molecule has 0 aliphatic rings. The molecule has 116 valence electrons. The van der Waals surface area contributed by atoms with Crippen LogP contribution >= 0.6 is 23.4 Å². The predicted molar refractivity (Wildman–Crippen MR) is 89.7 cm³/mol. The fraction of sp³-hybridized carbons (Fsp3) is 0.0625. The van der Waals surface area contributed by atoms with E-state index in [1.165, 1.54) is 6.26 Å². The maximum atomic E-state index is 11.8. The highest BCUT2D eigenvalue weighted by Gasteiger charge is 2.09. The third-order valence-corrected chi connectivity index (χ3v) is 4.13. The number of amides is 1. The standard InChI is InChI=1S/C16H12ClN3O2S/c17-12-4-1-3-11(9-12)10-23-15-7-6-14(19-20-15)18-16(21)13-5-2-8-22-13/h1-9H,10H2,(H,18,19,21). The molecule has 0 spiro atoms. The molecule has 5 nitrogen and oxygen atoms in total. The average molecular weight is 346 g/mol. The number of rotatable bonds is 5. The number of hydrogen-bond acceptors (Lipinski definition) is 5. The molecule has 0 radical (unpaired) electrons. The maximum Gasteiger partial charge on any atom is 0.292 e. The van der Waals surface area contributed by atoms with E-state index in [4.69, 9.17) is 16.0 Å². The van der Waals surface area contributed by atoms with E-state index in [1.54, 1.807) is 36.0 Å². The smallest absolute Gasteiger partial charge is 0.292 e. The van der Waals surface area contributed by atoms with Gasteiger partial charge < -0.3 is 9.73 Å². The molecule has 1 N–H and O–H groups in total. The van der Waals surface area contributed by atoms with Gasteiger partial charge in [-0.3, -0.25) is 4.79 Å². The number of nitrogens with one attached hydrogen (secondary N) is 1. The van der Waals surface area contributed by atoms with E-state index in [2.05, 4.69) is 15.5 Å². The van der Waals surface area contributed by atoms with Crippen LogP contribution in [0.3, 0.4) is 0 Å². The Balaban J connectivity index is 1.58. The SMILES string of the molecule is O=C(Nc1ccc(SCc2cccc(Cl)c2)nn1)c1ccco1. The van der Waals surface area contributed by atoms with Crippen LogP contribution in [0.5, 0.6) is 0 Å². The zero-order valence-electron chi connectivity index (χ0n) is 11.9. The number of aromatic nitrogens is 2. The second-order valence-electron chi connectivity index (χ2n) is 4.61. The third-order valence-electron chi connectivity index (χ3n) is 2.90. The van der Waals surface area contributed by atoms with Crippen molar-refractivity contribution >= 4 is 35.1 Å². The van der Waals surface area contributed by atoms with E-state index in [1.807, 2.05) is 24.3 Å². The lowest BCUT2D eigenvalue weighted by molar-refractivity contribution is 0.0996. The number of halogens is 1. The predicted octanol–water partition coefficient (Wildman–Crippen LogP) is 4.27. The number of furan rings is 1. The highest BCUT2D eigenvalue weighted by molar-refractivity contribution is 7.98. The summed E-state index contributed by atoms with van der Waals surface area (Å²) in [7, 11) is 0. The minimum atomic E-state index is -0.358. The van der Waals surface area contributed by atoms with Gasteiger partial charge in [0.2, 0.25) is 0 Å². The van der Waals surface area contributed by atoms with Crippen molar-refractivity contribution in [3.63, 3.8) is 0 Å². The Kier molecular flexibility index (Phi) is 4.95. The van der Waals surface area contributed by atoms with Gasteiger partial charge in [-0.25, -0.2) is 0 Å². The molecule has 1 amide bonds. The van der Waals surface area contributed by atoms with Crippen LogP contribution in [0, 0.1) is 0 Å². The molecular weight excluding hydrogens is 334 g/mol. The number of carbonyl (C=O) groups excluding carboxylic acids is 1. The van der Waals surface area contributed by atoms with Crippen molar-refractivity contribution in [1.82, 2.24) is 10.2 Å². The van der Waals surface area contributed by atoms with Crippen LogP contribution in [0.4, 0.5) is 5.82 Å². The van der Waals surface area contributed by atoms with Gasteiger partial charge in [-0.15, -0.1) is 10.2 Å². The van der Waals surface area contributed by atoms with Crippen LogP contribution in [-0.4, -0.2) is 16.1 Å². The molecule has 7 heteroatoms. The van der Waals surface area contributed by atoms with Crippen LogP contribution in [0.2, 0.25) is 5.02 Å². The molecular formula is C16H12ClN3O2S. The number of hydrogen-bond donors (Lipinski definition) is 1. The van der Waals surface area contributed by atoms with E-state index in [0.717, 1.165) is 16.3 Å². The lowest BCUT2D eigenvalue weighted by Gasteiger charge is -2.04. The molecule has 0 saturated carbocycles. The van der Waals surface area contributed by atoms with Crippen molar-refractivity contribution in [1.29, 1.82) is 0 Å². The first-order valence-electron chi connectivity index (χ1n) is 6.76. The summed E-state index contributed by atoms with van der Waals surface area (Å²) in [4.78, 5) is 11.8. The quantitative estimate of drug-likeness (QED) is 0.699. The molecule has 0 bridgehead atoms. The van der Waals surface area contributed by atoms with Gasteiger partial charge in [-0.05, 0) is 42.0 Å². The Morgan fingerprint density at radius 2 is 2.09 bits per heavy atom. The summed E-state index contributed by atoms with van der Waals surface area (Å²) in [6.07, 6.45) is 1.44. The van der Waals surface area contributed by atoms with Gasteiger partial charge in [0.05, 0.1) is 6.26 Å². The van der Waals surface area contributed by atoms with Crippen molar-refractivity contribution in [3.05, 3.63) is 71.1 Å². The largest absolute Gasteiger partial charge is 0.459 e. The van der Waals surface area contributed by atoms with Gasteiger partial charge in [-0.2, -0.15) is 0 Å². The zero-order valence-corrected chi connectivity index (χ0v) is 13.5. The van der Waals surface area contributed by atoms with Gasteiger partial charge >= 0.3 is 0 Å². The Morgan fingerprint density at radius 3 is 2.78 bits per heavy atom. The Labute approximate surface area is 142 Å². The highest BCUT2D eigenvalue weighted by atomic mass is 35.5. The normalized spacial score (nSPS) is 10.5. The summed E-state index contributed by atoms with van der Waals surface area (Å²) in [6.45, 7) is 0. The second-order valence-corrected chi connectivity index (χ2v) is 6.04. The van der Waals surface area contributed by atoms with Crippen LogP contribution in [0.1, 0.15) is 16.1 Å². The molecule has 23 heavy (non-hydrogen) atoms. The molecule has 0 aliphatic carbocycles. The molecule has 3 aromatic rings. The first-order chi connectivity index (χ1) is 11.2. The summed E-state index contributed by atoms with van der Waals surface area (Å²) in [5.74, 6) is 0.987. The summed E-state index contributed by atoms with van der Waals surface area (Å²) in [5, 5.41) is 12.2. The minimum absolute atomic E-state index is 0.228. The summed E-state index contributed by atoms with van der Waals surface area (Å²) in [5.41, 5.74) is 1.11. The van der Waals surface area contributed by atoms with Gasteiger partial charge in [0.1, 0.15) is 5.03 Å². The van der Waals surface area contributed by atoms with Crippen molar-refractivity contribution in [2.24, 2.45) is 0 Å². The van der Waals surface area contributed by atoms with E-state index < -0.39 is 0 Å². The highest BCUT2D eigenvalue weighted by Crippen LogP contribution is 2.22. The molecule has 0 fully saturated rings. The van der Waals surface area contributed by atoms with Crippen LogP contribution in [0.15, 0.2) is 64.2 Å². The Morgan fingerprint density at radius 1 is 1.17 bits per heavy atom. The van der Waals surface area contributed by atoms with Gasteiger partial charge in [0.25, 0.3) is 5.91 Å². The topological polar surface area (TPSA) is 68.0 Å². The maximum absolute atomic E-state index is 11.8. The van der Waals surface area contributed by atoms with Gasteiger partial charge in [0.15, 0.2) is 11.6 Å². The molecule has 0 unspecified atom stereocenters. The van der Waals surface area contributed by atoms with E-state index in [9.17, 15) is 4.79 Å². The number of benzene rings is 1. The second kappa shape index (κ2) is 7.30. The number of carbonyl (C=O) groups is 1. The Hall–Kier alpha value is -2.31. The first-order valence-corrected chi connectivity index (χ1v) is 8.13. The molecule has 0 atom stereocenters. The molecule has 3 rings (SSSR count). The molecule has 2 heterocycles. The van der Waals surface area contributed by atoms with Crippen molar-refractivity contribution < 1.29 is 9.21 Å². The average Bonchev–Trinajstić information content (AvgIpc) is 3.09. The molecule has 2 aromatic heterocycles. The lowest BCUT2D eigenvalue weighted by Crippen LogP contribution is -2.12. The lowest BCUT2D eigenvalue weighted by atomic mass is 10.2. The summed E-state index contributed by atoms with van der Waals surface area (Å²) in [6, 6.07) is 14.4. The van der Waals surface area contributed by atoms with Crippen molar-refractivity contribution in [2.45, 2.75) is 10.8 Å². The van der Waals surface area contributed by atoms with Crippen molar-refractivity contribution in [2.75, 3.05) is 5.32 Å². The van der Waals surface area contributed by atoms with Crippen LogP contribution in [0.25, 0.3) is 0 Å². The van der Waals surface area contributed by atoms with E-state index in [-0.39, 0.29) is 11.7 Å². The monoisotopic (exact) mass is 345 g/mol.